The van der Waals surface area contributed by atoms with E-state index in [1.165, 1.54) is 23.3 Å². The van der Waals surface area contributed by atoms with E-state index >= 15 is 0 Å². The van der Waals surface area contributed by atoms with Gasteiger partial charge in [-0.3, -0.25) is 0 Å². The summed E-state index contributed by atoms with van der Waals surface area (Å²) >= 11 is 1.82. The van der Waals surface area contributed by atoms with E-state index in [9.17, 15) is 5.11 Å². The van der Waals surface area contributed by atoms with Crippen LogP contribution in [0, 0.1) is 0 Å². The first kappa shape index (κ1) is 13.9. The van der Waals surface area contributed by atoms with Crippen molar-refractivity contribution >= 4 is 11.8 Å². The minimum atomic E-state index is 0.229. The first-order chi connectivity index (χ1) is 8.69. The third-order valence-electron chi connectivity index (χ3n) is 3.27. The maximum absolute atomic E-state index is 9.32. The summed E-state index contributed by atoms with van der Waals surface area (Å²) in [5.41, 5.74) is 1.38. The van der Waals surface area contributed by atoms with Gasteiger partial charge in [0, 0.05) is 22.7 Å². The van der Waals surface area contributed by atoms with Crippen LogP contribution in [0.2, 0.25) is 0 Å². The Kier molecular flexibility index (Phi) is 5.10. The van der Waals surface area contributed by atoms with Gasteiger partial charge in [-0.25, -0.2) is 0 Å². The van der Waals surface area contributed by atoms with Crippen molar-refractivity contribution in [3.05, 3.63) is 29.8 Å². The molecule has 0 aromatic heterocycles. The van der Waals surface area contributed by atoms with Crippen molar-refractivity contribution in [2.45, 2.75) is 49.6 Å². The van der Waals surface area contributed by atoms with Crippen LogP contribution in [-0.2, 0) is 0 Å². The molecule has 2 N–H and O–H groups in total. The molecule has 0 amide bonds. The van der Waals surface area contributed by atoms with Gasteiger partial charge in [0.25, 0.3) is 0 Å². The maximum atomic E-state index is 9.32. The van der Waals surface area contributed by atoms with E-state index in [-0.39, 0.29) is 12.6 Å². The summed E-state index contributed by atoms with van der Waals surface area (Å²) in [6.07, 6.45) is 2.54. The smallest absolute Gasteiger partial charge is 0.0592 e. The highest BCUT2D eigenvalue weighted by Gasteiger charge is 2.24. The number of rotatable bonds is 7. The van der Waals surface area contributed by atoms with Gasteiger partial charge in [0.2, 0.25) is 0 Å². The third kappa shape index (κ3) is 4.30. The predicted molar refractivity (Wildman–Crippen MR) is 78.3 cm³/mol. The average molecular weight is 265 g/mol. The van der Waals surface area contributed by atoms with E-state index in [1.54, 1.807) is 0 Å². The Hall–Kier alpha value is -0.510. The quantitative estimate of drug-likeness (QED) is 0.743. The summed E-state index contributed by atoms with van der Waals surface area (Å²) in [7, 11) is 0. The summed E-state index contributed by atoms with van der Waals surface area (Å²) in [6.45, 7) is 4.65. The Morgan fingerprint density at radius 1 is 1.28 bits per heavy atom. The van der Waals surface area contributed by atoms with Crippen molar-refractivity contribution in [1.29, 1.82) is 0 Å². The van der Waals surface area contributed by atoms with Crippen LogP contribution in [0.5, 0.6) is 0 Å². The van der Waals surface area contributed by atoms with E-state index in [0.29, 0.717) is 12.0 Å². The minimum Gasteiger partial charge on any atom is -0.395 e. The van der Waals surface area contributed by atoms with Gasteiger partial charge >= 0.3 is 0 Å². The van der Waals surface area contributed by atoms with Gasteiger partial charge < -0.3 is 10.4 Å². The van der Waals surface area contributed by atoms with E-state index in [1.807, 2.05) is 11.8 Å². The van der Waals surface area contributed by atoms with Crippen molar-refractivity contribution in [2.75, 3.05) is 12.4 Å². The molecule has 0 aliphatic heterocycles. The number of hydrogen-bond acceptors (Lipinski definition) is 3. The molecule has 0 spiro atoms. The van der Waals surface area contributed by atoms with Crippen LogP contribution in [0.3, 0.4) is 0 Å². The number of benzene rings is 1. The van der Waals surface area contributed by atoms with Gasteiger partial charge in [0.15, 0.2) is 0 Å². The first-order valence-corrected chi connectivity index (χ1v) is 7.77. The molecule has 2 rings (SSSR count). The fourth-order valence-corrected chi connectivity index (χ4v) is 2.81. The second kappa shape index (κ2) is 6.60. The Morgan fingerprint density at radius 2 is 1.94 bits per heavy atom. The highest BCUT2D eigenvalue weighted by molar-refractivity contribution is 7.99. The number of hydrogen-bond donors (Lipinski definition) is 2. The molecule has 2 nitrogen and oxygen atoms in total. The van der Waals surface area contributed by atoms with Gasteiger partial charge in [0.05, 0.1) is 6.61 Å². The third-order valence-corrected chi connectivity index (χ3v) is 4.44. The largest absolute Gasteiger partial charge is 0.395 e. The zero-order valence-corrected chi connectivity index (χ0v) is 12.0. The molecule has 0 bridgehead atoms. The summed E-state index contributed by atoms with van der Waals surface area (Å²) in [5.74, 6) is 1.53. The topological polar surface area (TPSA) is 32.3 Å². The van der Waals surface area contributed by atoms with Gasteiger partial charge in [0.1, 0.15) is 0 Å². The van der Waals surface area contributed by atoms with Gasteiger partial charge in [-0.2, -0.15) is 0 Å². The van der Waals surface area contributed by atoms with Crippen LogP contribution in [0.25, 0.3) is 0 Å². The molecule has 100 valence electrons. The molecular weight excluding hydrogens is 242 g/mol. The molecule has 3 heteroatoms. The van der Waals surface area contributed by atoms with Crippen LogP contribution in [0.15, 0.2) is 29.2 Å². The lowest BCUT2D eigenvalue weighted by atomic mass is 10.0. The zero-order chi connectivity index (χ0) is 13.0. The van der Waals surface area contributed by atoms with E-state index < -0.39 is 0 Å². The molecule has 1 aliphatic carbocycles. The van der Waals surface area contributed by atoms with Crippen molar-refractivity contribution in [2.24, 2.45) is 0 Å². The molecule has 18 heavy (non-hydrogen) atoms. The lowest BCUT2D eigenvalue weighted by molar-refractivity contribution is 0.253. The fourth-order valence-electron chi connectivity index (χ4n) is 1.88. The normalized spacial score (nSPS) is 17.1. The van der Waals surface area contributed by atoms with Gasteiger partial charge in [-0.1, -0.05) is 26.0 Å². The molecule has 1 atom stereocenters. The Morgan fingerprint density at radius 3 is 2.44 bits per heavy atom. The highest BCUT2D eigenvalue weighted by Crippen LogP contribution is 2.24. The van der Waals surface area contributed by atoms with E-state index in [4.69, 9.17) is 0 Å². The summed E-state index contributed by atoms with van der Waals surface area (Å²) < 4.78 is 0. The van der Waals surface area contributed by atoms with Crippen molar-refractivity contribution in [1.82, 2.24) is 5.32 Å². The number of thioether (sulfide) groups is 1. The van der Waals surface area contributed by atoms with Gasteiger partial charge in [-0.05, 0) is 36.5 Å². The average Bonchev–Trinajstić information content (AvgIpc) is 3.18. The van der Waals surface area contributed by atoms with E-state index in [0.717, 1.165) is 5.75 Å². The second-order valence-corrected chi connectivity index (χ2v) is 6.45. The van der Waals surface area contributed by atoms with Gasteiger partial charge in [-0.15, -0.1) is 11.8 Å². The molecular formula is C15H23NOS. The fraction of sp³-hybridized carbons (Fsp3) is 0.600. The summed E-state index contributed by atoms with van der Waals surface area (Å²) in [5, 5.41) is 12.8. The predicted octanol–water partition coefficient (Wildman–Crippen LogP) is 3.02. The maximum Gasteiger partial charge on any atom is 0.0592 e. The molecule has 1 saturated carbocycles. The summed E-state index contributed by atoms with van der Waals surface area (Å²) in [4.78, 5) is 1.29. The highest BCUT2D eigenvalue weighted by atomic mass is 32.2. The Labute approximate surface area is 114 Å². The van der Waals surface area contributed by atoms with Crippen LogP contribution < -0.4 is 5.32 Å². The molecule has 1 aromatic rings. The lowest BCUT2D eigenvalue weighted by Crippen LogP contribution is -2.36. The van der Waals surface area contributed by atoms with Crippen molar-refractivity contribution in [3.8, 4) is 0 Å². The monoisotopic (exact) mass is 265 g/mol. The zero-order valence-electron chi connectivity index (χ0n) is 11.2. The Bertz CT molecular complexity index is 359. The minimum absolute atomic E-state index is 0.229. The van der Waals surface area contributed by atoms with E-state index in [2.05, 4.69) is 43.4 Å². The lowest BCUT2D eigenvalue weighted by Gasteiger charge is -2.15. The molecule has 1 aliphatic rings. The number of nitrogens with one attached hydrogen (secondary N) is 1. The molecule has 1 fully saturated rings. The first-order valence-electron chi connectivity index (χ1n) is 6.78. The summed E-state index contributed by atoms with van der Waals surface area (Å²) in [6, 6.07) is 9.67. The molecule has 0 heterocycles. The second-order valence-electron chi connectivity index (χ2n) is 5.36. The standard InChI is InChI=1S/C15H23NOS/c1-11(2)12-3-7-15(8-4-12)18-10-14(9-17)16-13-5-6-13/h3-4,7-8,11,13-14,16-17H,5-6,9-10H2,1-2H3. The van der Waals surface area contributed by atoms with Crippen LogP contribution in [-0.4, -0.2) is 29.5 Å². The number of aliphatic hydroxyl groups is 1. The molecule has 1 unspecified atom stereocenters. The van der Waals surface area contributed by atoms with Crippen molar-refractivity contribution < 1.29 is 5.11 Å². The Balaban J connectivity index is 1.80. The molecule has 1 aromatic carbocycles. The molecule has 0 radical (unpaired) electrons. The van der Waals surface area contributed by atoms with Crippen molar-refractivity contribution in [3.63, 3.8) is 0 Å². The SMILES string of the molecule is CC(C)c1ccc(SCC(CO)NC2CC2)cc1. The molecule has 0 saturated heterocycles. The van der Waals surface area contributed by atoms with Crippen LogP contribution >= 0.6 is 11.8 Å². The van der Waals surface area contributed by atoms with Crippen LogP contribution in [0.1, 0.15) is 38.2 Å². The van der Waals surface area contributed by atoms with Crippen LogP contribution in [0.4, 0.5) is 0 Å². The number of aliphatic hydroxyl groups excluding tert-OH is 1.